The minimum Gasteiger partial charge on any atom is -0.384 e. The number of likely N-dealkylation sites (N-methyl/N-ethyl adjacent to an activating group) is 1. The van der Waals surface area contributed by atoms with Crippen LogP contribution in [0.1, 0.15) is 18.1 Å². The molecule has 2 rings (SSSR count). The molecule has 0 saturated heterocycles. The maximum Gasteiger partial charge on any atom is 0.0370 e. The average molecular weight is 269 g/mol. The van der Waals surface area contributed by atoms with E-state index >= 15 is 0 Å². The minimum absolute atomic E-state index is 0.962. The first kappa shape index (κ1) is 14.5. The van der Waals surface area contributed by atoms with E-state index in [2.05, 4.69) is 65.4 Å². The maximum absolute atomic E-state index is 4.06. The number of aryl methyl sites for hydroxylation is 1. The second-order valence-electron chi connectivity index (χ2n) is 4.97. The van der Waals surface area contributed by atoms with E-state index in [4.69, 9.17) is 0 Å². The van der Waals surface area contributed by atoms with Crippen molar-refractivity contribution in [3.05, 3.63) is 59.9 Å². The van der Waals surface area contributed by atoms with Crippen molar-refractivity contribution < 1.29 is 0 Å². The average Bonchev–Trinajstić information content (AvgIpc) is 2.49. The smallest absolute Gasteiger partial charge is 0.0370 e. The van der Waals surface area contributed by atoms with Crippen molar-refractivity contribution in [2.24, 2.45) is 0 Å². The summed E-state index contributed by atoms with van der Waals surface area (Å²) < 4.78 is 0. The zero-order chi connectivity index (χ0) is 14.2. The lowest BCUT2D eigenvalue weighted by Gasteiger charge is -2.21. The van der Waals surface area contributed by atoms with Gasteiger partial charge >= 0.3 is 0 Å². The van der Waals surface area contributed by atoms with Crippen molar-refractivity contribution in [2.45, 2.75) is 20.4 Å². The van der Waals surface area contributed by atoms with Crippen LogP contribution in [0.15, 0.2) is 48.8 Å². The molecule has 0 aliphatic heterocycles. The number of nitrogens with one attached hydrogen (secondary N) is 1. The summed E-state index contributed by atoms with van der Waals surface area (Å²) in [5.74, 6) is 0. The monoisotopic (exact) mass is 269 g/mol. The molecular weight excluding hydrogens is 246 g/mol. The Morgan fingerprint density at radius 3 is 2.55 bits per heavy atom. The molecule has 1 N–H and O–H groups in total. The maximum atomic E-state index is 4.06. The summed E-state index contributed by atoms with van der Waals surface area (Å²) in [5.41, 5.74) is 3.84. The van der Waals surface area contributed by atoms with Crippen LogP contribution in [0.3, 0.4) is 0 Å². The minimum atomic E-state index is 0.962. The molecule has 0 aliphatic carbocycles. The number of hydrogen-bond donors (Lipinski definition) is 1. The number of anilines is 1. The SMILES string of the molecule is CCN(CCNc1ccccc1C)Cc1ccncc1. The molecular formula is C17H23N3. The van der Waals surface area contributed by atoms with E-state index in [0.29, 0.717) is 0 Å². The van der Waals surface area contributed by atoms with Crippen LogP contribution in [0.25, 0.3) is 0 Å². The Morgan fingerprint density at radius 2 is 1.85 bits per heavy atom. The first-order chi connectivity index (χ1) is 9.79. The fourth-order valence-corrected chi connectivity index (χ4v) is 2.22. The first-order valence-electron chi connectivity index (χ1n) is 7.20. The summed E-state index contributed by atoms with van der Waals surface area (Å²) in [4.78, 5) is 6.49. The number of pyridine rings is 1. The highest BCUT2D eigenvalue weighted by Gasteiger charge is 2.03. The van der Waals surface area contributed by atoms with Crippen LogP contribution in [0.4, 0.5) is 5.69 Å². The molecule has 2 aromatic rings. The molecule has 1 aromatic heterocycles. The quantitative estimate of drug-likeness (QED) is 0.835. The molecule has 0 atom stereocenters. The normalized spacial score (nSPS) is 10.8. The number of hydrogen-bond acceptors (Lipinski definition) is 3. The van der Waals surface area contributed by atoms with Crippen LogP contribution in [-0.4, -0.2) is 29.5 Å². The van der Waals surface area contributed by atoms with Crippen molar-refractivity contribution in [3.8, 4) is 0 Å². The molecule has 0 saturated carbocycles. The summed E-state index contributed by atoms with van der Waals surface area (Å²) in [7, 11) is 0. The molecule has 0 fully saturated rings. The van der Waals surface area contributed by atoms with Crippen molar-refractivity contribution >= 4 is 5.69 Å². The molecule has 20 heavy (non-hydrogen) atoms. The van der Waals surface area contributed by atoms with E-state index < -0.39 is 0 Å². The largest absolute Gasteiger partial charge is 0.384 e. The molecule has 0 radical (unpaired) electrons. The van der Waals surface area contributed by atoms with Gasteiger partial charge in [-0.1, -0.05) is 25.1 Å². The topological polar surface area (TPSA) is 28.2 Å². The summed E-state index contributed by atoms with van der Waals surface area (Å²) >= 11 is 0. The summed E-state index contributed by atoms with van der Waals surface area (Å²) in [5, 5.41) is 3.51. The second-order valence-corrected chi connectivity index (χ2v) is 4.97. The number of rotatable bonds is 7. The van der Waals surface area contributed by atoms with Gasteiger partial charge in [0.2, 0.25) is 0 Å². The lowest BCUT2D eigenvalue weighted by molar-refractivity contribution is 0.291. The number of nitrogens with zero attached hydrogens (tertiary/aromatic N) is 2. The Balaban J connectivity index is 1.81. The fourth-order valence-electron chi connectivity index (χ4n) is 2.22. The van der Waals surface area contributed by atoms with Crippen molar-refractivity contribution in [2.75, 3.05) is 25.0 Å². The molecule has 3 nitrogen and oxygen atoms in total. The van der Waals surface area contributed by atoms with Crippen molar-refractivity contribution in [1.29, 1.82) is 0 Å². The van der Waals surface area contributed by atoms with Crippen LogP contribution in [0.5, 0.6) is 0 Å². The fraction of sp³-hybridized carbons (Fsp3) is 0.353. The van der Waals surface area contributed by atoms with Crippen LogP contribution in [0, 0.1) is 6.92 Å². The van der Waals surface area contributed by atoms with Gasteiger partial charge in [-0.25, -0.2) is 0 Å². The molecule has 0 unspecified atom stereocenters. The lowest BCUT2D eigenvalue weighted by Crippen LogP contribution is -2.28. The second kappa shape index (κ2) is 7.65. The standard InChI is InChI=1S/C17H23N3/c1-3-20(14-16-8-10-18-11-9-16)13-12-19-17-7-5-4-6-15(17)2/h4-11,19H,3,12-14H2,1-2H3. The zero-order valence-corrected chi connectivity index (χ0v) is 12.3. The van der Waals surface area contributed by atoms with E-state index in [1.165, 1.54) is 16.8 Å². The number of benzene rings is 1. The van der Waals surface area contributed by atoms with Gasteiger partial charge in [0.05, 0.1) is 0 Å². The summed E-state index contributed by atoms with van der Waals surface area (Å²) in [6.07, 6.45) is 3.71. The molecule has 3 heteroatoms. The van der Waals surface area contributed by atoms with Gasteiger partial charge in [0.25, 0.3) is 0 Å². The molecule has 0 bridgehead atoms. The van der Waals surface area contributed by atoms with Crippen molar-refractivity contribution in [3.63, 3.8) is 0 Å². The van der Waals surface area contributed by atoms with Crippen LogP contribution in [-0.2, 0) is 6.54 Å². The van der Waals surface area contributed by atoms with Gasteiger partial charge in [-0.2, -0.15) is 0 Å². The van der Waals surface area contributed by atoms with Gasteiger partial charge in [-0.15, -0.1) is 0 Å². The van der Waals surface area contributed by atoms with Gasteiger partial charge in [0, 0.05) is 37.7 Å². The van der Waals surface area contributed by atoms with Gasteiger partial charge in [-0.05, 0) is 42.8 Å². The third kappa shape index (κ3) is 4.35. The number of para-hydroxylation sites is 1. The Labute approximate surface area is 121 Å². The highest BCUT2D eigenvalue weighted by atomic mass is 15.1. The van der Waals surface area contributed by atoms with Crippen LogP contribution >= 0.6 is 0 Å². The van der Waals surface area contributed by atoms with Gasteiger partial charge < -0.3 is 5.32 Å². The molecule has 0 amide bonds. The van der Waals surface area contributed by atoms with E-state index in [0.717, 1.165) is 26.2 Å². The third-order valence-corrected chi connectivity index (χ3v) is 3.49. The van der Waals surface area contributed by atoms with Gasteiger partial charge in [-0.3, -0.25) is 9.88 Å². The van der Waals surface area contributed by atoms with E-state index in [1.807, 2.05) is 12.4 Å². The molecule has 0 spiro atoms. The van der Waals surface area contributed by atoms with Crippen LogP contribution < -0.4 is 5.32 Å². The van der Waals surface area contributed by atoms with Crippen LogP contribution in [0.2, 0.25) is 0 Å². The molecule has 106 valence electrons. The van der Waals surface area contributed by atoms with E-state index in [1.54, 1.807) is 0 Å². The van der Waals surface area contributed by atoms with Gasteiger partial charge in [0.1, 0.15) is 0 Å². The van der Waals surface area contributed by atoms with E-state index in [-0.39, 0.29) is 0 Å². The van der Waals surface area contributed by atoms with Gasteiger partial charge in [0.15, 0.2) is 0 Å². The van der Waals surface area contributed by atoms with Crippen molar-refractivity contribution in [1.82, 2.24) is 9.88 Å². The predicted molar refractivity (Wildman–Crippen MR) is 84.9 cm³/mol. The molecule has 0 aliphatic rings. The summed E-state index contributed by atoms with van der Waals surface area (Å²) in [6, 6.07) is 12.6. The highest BCUT2D eigenvalue weighted by Crippen LogP contribution is 2.12. The first-order valence-corrected chi connectivity index (χ1v) is 7.20. The Hall–Kier alpha value is -1.87. The Morgan fingerprint density at radius 1 is 1.10 bits per heavy atom. The Bertz CT molecular complexity index is 511. The molecule has 1 aromatic carbocycles. The lowest BCUT2D eigenvalue weighted by atomic mass is 10.2. The van der Waals surface area contributed by atoms with E-state index in [9.17, 15) is 0 Å². The zero-order valence-electron chi connectivity index (χ0n) is 12.3. The number of aromatic nitrogens is 1. The Kier molecular flexibility index (Phi) is 5.56. The molecule has 1 heterocycles. The highest BCUT2D eigenvalue weighted by molar-refractivity contribution is 5.50. The third-order valence-electron chi connectivity index (χ3n) is 3.49. The summed E-state index contributed by atoms with van der Waals surface area (Å²) in [6.45, 7) is 8.37. The predicted octanol–water partition coefficient (Wildman–Crippen LogP) is 3.32.